The molecule has 0 bridgehead atoms. The van der Waals surface area contributed by atoms with Crippen molar-refractivity contribution >= 4 is 28.2 Å². The summed E-state index contributed by atoms with van der Waals surface area (Å²) in [5.74, 6) is 0.160. The maximum atomic E-state index is 12.1. The molecular formula is C18H12N2O2S. The number of ketones is 1. The van der Waals surface area contributed by atoms with Crippen LogP contribution >= 0.6 is 11.3 Å². The summed E-state index contributed by atoms with van der Waals surface area (Å²) in [4.78, 5) is 17.7. The summed E-state index contributed by atoms with van der Waals surface area (Å²) >= 11 is 1.56. The predicted octanol–water partition coefficient (Wildman–Crippen LogP) is 4.55. The van der Waals surface area contributed by atoms with Gasteiger partial charge in [0.25, 0.3) is 0 Å². The van der Waals surface area contributed by atoms with E-state index in [0.29, 0.717) is 5.76 Å². The molecule has 112 valence electrons. The summed E-state index contributed by atoms with van der Waals surface area (Å²) in [6.07, 6.45) is 6.76. The second-order valence-electron chi connectivity index (χ2n) is 4.94. The van der Waals surface area contributed by atoms with Crippen LogP contribution in [0.25, 0.3) is 22.3 Å². The van der Waals surface area contributed by atoms with Gasteiger partial charge in [0, 0.05) is 17.1 Å². The van der Waals surface area contributed by atoms with Crippen molar-refractivity contribution in [3.8, 4) is 11.3 Å². The number of allylic oxidation sites excluding steroid dienone is 1. The van der Waals surface area contributed by atoms with Gasteiger partial charge in [-0.1, -0.05) is 30.3 Å². The first kappa shape index (κ1) is 13.7. The number of carbonyl (C=O) groups excluding carboxylic acids is 1. The van der Waals surface area contributed by atoms with Gasteiger partial charge < -0.3 is 4.42 Å². The molecule has 0 radical (unpaired) electrons. The zero-order chi connectivity index (χ0) is 15.6. The van der Waals surface area contributed by atoms with E-state index in [4.69, 9.17) is 4.42 Å². The van der Waals surface area contributed by atoms with Gasteiger partial charge in [-0.3, -0.25) is 9.20 Å². The van der Waals surface area contributed by atoms with E-state index in [9.17, 15) is 4.79 Å². The summed E-state index contributed by atoms with van der Waals surface area (Å²) < 4.78 is 7.12. The first-order chi connectivity index (χ1) is 11.3. The Morgan fingerprint density at radius 1 is 1.17 bits per heavy atom. The third kappa shape index (κ3) is 2.51. The van der Waals surface area contributed by atoms with Crippen LogP contribution in [0.5, 0.6) is 0 Å². The van der Waals surface area contributed by atoms with Crippen LogP contribution in [0.15, 0.2) is 70.8 Å². The Morgan fingerprint density at radius 2 is 2.04 bits per heavy atom. The number of fused-ring (bicyclic) bond motifs is 1. The van der Waals surface area contributed by atoms with Crippen molar-refractivity contribution in [1.29, 1.82) is 0 Å². The van der Waals surface area contributed by atoms with Crippen LogP contribution in [0.2, 0.25) is 0 Å². The smallest absolute Gasteiger partial charge is 0.221 e. The number of hydrogen-bond donors (Lipinski definition) is 0. The lowest BCUT2D eigenvalue weighted by atomic mass is 10.1. The molecule has 4 aromatic rings. The van der Waals surface area contributed by atoms with Crippen LogP contribution in [0.4, 0.5) is 0 Å². The van der Waals surface area contributed by atoms with Crippen LogP contribution in [0, 0.1) is 0 Å². The Bertz CT molecular complexity index is 979. The quantitative estimate of drug-likeness (QED) is 0.409. The Labute approximate surface area is 136 Å². The zero-order valence-corrected chi connectivity index (χ0v) is 12.9. The topological polar surface area (TPSA) is 47.5 Å². The number of thiazole rings is 1. The molecule has 23 heavy (non-hydrogen) atoms. The Hall–Kier alpha value is -2.92. The van der Waals surface area contributed by atoms with Gasteiger partial charge in [0.15, 0.2) is 10.7 Å². The first-order valence-corrected chi connectivity index (χ1v) is 7.98. The Morgan fingerprint density at radius 3 is 2.83 bits per heavy atom. The molecular weight excluding hydrogens is 308 g/mol. The number of nitrogens with zero attached hydrogens (tertiary/aromatic N) is 2. The van der Waals surface area contributed by atoms with Crippen molar-refractivity contribution in [3.05, 3.63) is 77.8 Å². The number of carbonyl (C=O) groups is 1. The van der Waals surface area contributed by atoms with E-state index in [1.165, 1.54) is 12.3 Å². The van der Waals surface area contributed by atoms with Crippen molar-refractivity contribution in [2.45, 2.75) is 0 Å². The summed E-state index contributed by atoms with van der Waals surface area (Å²) in [6.45, 7) is 0. The first-order valence-electron chi connectivity index (χ1n) is 7.10. The van der Waals surface area contributed by atoms with E-state index < -0.39 is 0 Å². The third-order valence-electron chi connectivity index (χ3n) is 3.50. The fourth-order valence-corrected chi connectivity index (χ4v) is 3.15. The monoisotopic (exact) mass is 320 g/mol. The lowest BCUT2D eigenvalue weighted by Crippen LogP contribution is -1.92. The highest BCUT2D eigenvalue weighted by Crippen LogP contribution is 2.27. The minimum atomic E-state index is -0.167. The van der Waals surface area contributed by atoms with Crippen LogP contribution in [-0.2, 0) is 0 Å². The van der Waals surface area contributed by atoms with Crippen LogP contribution in [0.1, 0.15) is 16.2 Å². The summed E-state index contributed by atoms with van der Waals surface area (Å²) in [5.41, 5.74) is 2.77. The minimum Gasteiger partial charge on any atom is -0.461 e. The van der Waals surface area contributed by atoms with Gasteiger partial charge in [-0.15, -0.1) is 11.3 Å². The van der Waals surface area contributed by atoms with Crippen molar-refractivity contribution in [2.75, 3.05) is 0 Å². The molecule has 0 saturated carbocycles. The molecule has 0 aliphatic heterocycles. The van der Waals surface area contributed by atoms with Crippen LogP contribution in [0.3, 0.4) is 0 Å². The second-order valence-corrected chi connectivity index (χ2v) is 5.82. The maximum Gasteiger partial charge on any atom is 0.221 e. The summed E-state index contributed by atoms with van der Waals surface area (Å²) in [6, 6.07) is 13.3. The van der Waals surface area contributed by atoms with E-state index in [2.05, 4.69) is 4.98 Å². The molecule has 0 fully saturated rings. The molecule has 0 saturated heterocycles. The Balaban J connectivity index is 1.79. The third-order valence-corrected chi connectivity index (χ3v) is 4.26. The number of furan rings is 1. The highest BCUT2D eigenvalue weighted by molar-refractivity contribution is 7.15. The van der Waals surface area contributed by atoms with E-state index in [1.54, 1.807) is 29.5 Å². The average Bonchev–Trinajstić information content (AvgIpc) is 3.30. The molecule has 4 nitrogen and oxygen atoms in total. The Kier molecular flexibility index (Phi) is 3.40. The van der Waals surface area contributed by atoms with Gasteiger partial charge in [0.05, 0.1) is 17.7 Å². The molecule has 3 heterocycles. The molecule has 1 aromatic carbocycles. The minimum absolute atomic E-state index is 0.167. The van der Waals surface area contributed by atoms with Gasteiger partial charge in [-0.25, -0.2) is 4.98 Å². The van der Waals surface area contributed by atoms with Crippen molar-refractivity contribution in [2.24, 2.45) is 0 Å². The highest BCUT2D eigenvalue weighted by atomic mass is 32.1. The van der Waals surface area contributed by atoms with Gasteiger partial charge >= 0.3 is 0 Å². The van der Waals surface area contributed by atoms with E-state index >= 15 is 0 Å². The normalized spacial score (nSPS) is 11.5. The average molecular weight is 320 g/mol. The molecule has 4 rings (SSSR count). The lowest BCUT2D eigenvalue weighted by Gasteiger charge is -1.99. The molecule has 3 aromatic heterocycles. The highest BCUT2D eigenvalue weighted by Gasteiger charge is 2.13. The van der Waals surface area contributed by atoms with Gasteiger partial charge in [0.2, 0.25) is 5.78 Å². The van der Waals surface area contributed by atoms with Gasteiger partial charge in [0.1, 0.15) is 0 Å². The second kappa shape index (κ2) is 5.70. The fraction of sp³-hybridized carbons (Fsp3) is 0. The maximum absolute atomic E-state index is 12.1. The molecule has 0 atom stereocenters. The van der Waals surface area contributed by atoms with Gasteiger partial charge in [-0.2, -0.15) is 0 Å². The molecule has 0 N–H and O–H groups in total. The predicted molar refractivity (Wildman–Crippen MR) is 90.6 cm³/mol. The van der Waals surface area contributed by atoms with Crippen molar-refractivity contribution in [1.82, 2.24) is 9.38 Å². The molecule has 5 heteroatoms. The fourth-order valence-electron chi connectivity index (χ4n) is 2.43. The molecule has 0 unspecified atom stereocenters. The molecule has 0 amide bonds. The van der Waals surface area contributed by atoms with E-state index in [0.717, 1.165) is 21.9 Å². The number of rotatable bonds is 4. The number of aromatic nitrogens is 2. The van der Waals surface area contributed by atoms with Gasteiger partial charge in [-0.05, 0) is 24.3 Å². The molecule has 0 aliphatic carbocycles. The zero-order valence-electron chi connectivity index (χ0n) is 12.0. The summed E-state index contributed by atoms with van der Waals surface area (Å²) in [5, 5.41) is 1.97. The van der Waals surface area contributed by atoms with E-state index in [1.807, 2.05) is 46.3 Å². The van der Waals surface area contributed by atoms with Crippen molar-refractivity contribution < 1.29 is 9.21 Å². The number of hydrogen-bond acceptors (Lipinski definition) is 4. The molecule has 0 spiro atoms. The number of imidazole rings is 1. The van der Waals surface area contributed by atoms with Crippen molar-refractivity contribution in [3.63, 3.8) is 0 Å². The standard InChI is InChI=1S/C18H12N2O2S/c21-15(16-7-4-11-22-16)9-8-14-17(13-5-2-1-3-6-13)19-18-20(14)10-12-23-18/h1-12H/b9-8+. The van der Waals surface area contributed by atoms with Crippen LogP contribution in [-0.4, -0.2) is 15.2 Å². The lowest BCUT2D eigenvalue weighted by molar-refractivity contribution is 0.102. The molecule has 0 aliphatic rings. The largest absolute Gasteiger partial charge is 0.461 e. The van der Waals surface area contributed by atoms with E-state index in [-0.39, 0.29) is 5.78 Å². The summed E-state index contributed by atoms with van der Waals surface area (Å²) in [7, 11) is 0. The SMILES string of the molecule is O=C(/C=C/c1c(-c2ccccc2)nc2sccn12)c1ccco1. The van der Waals surface area contributed by atoms with Crippen LogP contribution < -0.4 is 0 Å². The number of benzene rings is 1.